The number of hydrogen-bond acceptors (Lipinski definition) is 4. The zero-order chi connectivity index (χ0) is 16.1. The zero-order valence-electron chi connectivity index (χ0n) is 13.1. The van der Waals surface area contributed by atoms with Crippen molar-refractivity contribution in [3.05, 3.63) is 54.4 Å². The molecule has 0 amide bonds. The summed E-state index contributed by atoms with van der Waals surface area (Å²) in [5, 5.41) is 9.11. The standard InChI is InChI=1S/C18H20N2O3/c1-22-14-6-4-7-15(12-14)23-13-18-19-16-8-2-3-9-17(16)20(18)10-5-11-21/h2-4,6-9,12,21H,5,10-11,13H2,1H3. The third kappa shape index (κ3) is 3.46. The van der Waals surface area contributed by atoms with Crippen LogP contribution >= 0.6 is 0 Å². The molecule has 120 valence electrons. The molecule has 3 rings (SSSR count). The number of methoxy groups -OCH3 is 1. The molecule has 5 nitrogen and oxygen atoms in total. The minimum Gasteiger partial charge on any atom is -0.497 e. The SMILES string of the molecule is COc1cccc(OCc2nc3ccccc3n2CCCO)c1. The van der Waals surface area contributed by atoms with E-state index in [1.165, 1.54) is 0 Å². The third-order valence-electron chi connectivity index (χ3n) is 3.68. The van der Waals surface area contributed by atoms with Gasteiger partial charge in [0.1, 0.15) is 23.9 Å². The lowest BCUT2D eigenvalue weighted by molar-refractivity contribution is 0.269. The van der Waals surface area contributed by atoms with E-state index in [-0.39, 0.29) is 6.61 Å². The molecule has 0 spiro atoms. The number of fused-ring (bicyclic) bond motifs is 1. The number of imidazole rings is 1. The largest absolute Gasteiger partial charge is 0.497 e. The molecule has 0 aliphatic carbocycles. The van der Waals surface area contributed by atoms with Gasteiger partial charge in [-0.3, -0.25) is 0 Å². The molecule has 0 bridgehead atoms. The molecule has 0 saturated heterocycles. The van der Waals surface area contributed by atoms with Crippen LogP contribution in [0.4, 0.5) is 0 Å². The molecule has 0 radical (unpaired) electrons. The first-order chi connectivity index (χ1) is 11.3. The molecule has 3 aromatic rings. The lowest BCUT2D eigenvalue weighted by Crippen LogP contribution is -2.08. The van der Waals surface area contributed by atoms with Crippen molar-refractivity contribution in [2.24, 2.45) is 0 Å². The van der Waals surface area contributed by atoms with Crippen LogP contribution in [-0.2, 0) is 13.2 Å². The number of ether oxygens (including phenoxy) is 2. The predicted molar refractivity (Wildman–Crippen MR) is 88.8 cm³/mol. The van der Waals surface area contributed by atoms with Crippen LogP contribution in [0.25, 0.3) is 11.0 Å². The lowest BCUT2D eigenvalue weighted by atomic mass is 10.3. The maximum Gasteiger partial charge on any atom is 0.147 e. The van der Waals surface area contributed by atoms with Gasteiger partial charge in [0.25, 0.3) is 0 Å². The van der Waals surface area contributed by atoms with Crippen molar-refractivity contribution in [1.29, 1.82) is 0 Å². The van der Waals surface area contributed by atoms with Crippen LogP contribution in [0, 0.1) is 0 Å². The fourth-order valence-electron chi connectivity index (χ4n) is 2.55. The van der Waals surface area contributed by atoms with E-state index in [4.69, 9.17) is 14.6 Å². The Bertz CT molecular complexity index is 783. The normalized spacial score (nSPS) is 10.9. The predicted octanol–water partition coefficient (Wildman–Crippen LogP) is 3.01. The van der Waals surface area contributed by atoms with Gasteiger partial charge >= 0.3 is 0 Å². The Morgan fingerprint density at radius 1 is 1.09 bits per heavy atom. The molecule has 1 heterocycles. The highest BCUT2D eigenvalue weighted by Gasteiger charge is 2.11. The fraction of sp³-hybridized carbons (Fsp3) is 0.278. The molecular weight excluding hydrogens is 292 g/mol. The van der Waals surface area contributed by atoms with E-state index in [1.807, 2.05) is 48.5 Å². The Morgan fingerprint density at radius 2 is 1.91 bits per heavy atom. The molecule has 1 aromatic heterocycles. The number of hydrogen-bond donors (Lipinski definition) is 1. The van der Waals surface area contributed by atoms with Gasteiger partial charge in [-0.25, -0.2) is 4.98 Å². The number of benzene rings is 2. The van der Waals surface area contributed by atoms with Gasteiger partial charge in [0, 0.05) is 19.2 Å². The van der Waals surface area contributed by atoms with E-state index in [9.17, 15) is 0 Å². The van der Waals surface area contributed by atoms with Crippen molar-refractivity contribution >= 4 is 11.0 Å². The van der Waals surface area contributed by atoms with Gasteiger partial charge in [0.15, 0.2) is 0 Å². The molecule has 0 aliphatic rings. The average molecular weight is 312 g/mol. The van der Waals surface area contributed by atoms with E-state index in [0.717, 1.165) is 28.4 Å². The molecule has 0 fully saturated rings. The highest BCUT2D eigenvalue weighted by atomic mass is 16.5. The first kappa shape index (κ1) is 15.4. The summed E-state index contributed by atoms with van der Waals surface area (Å²) >= 11 is 0. The molecule has 1 N–H and O–H groups in total. The van der Waals surface area contributed by atoms with Crippen LogP contribution in [0.2, 0.25) is 0 Å². The fourth-order valence-corrected chi connectivity index (χ4v) is 2.55. The van der Waals surface area contributed by atoms with Crippen molar-refractivity contribution in [2.45, 2.75) is 19.6 Å². The van der Waals surface area contributed by atoms with Gasteiger partial charge < -0.3 is 19.1 Å². The second-order valence-electron chi connectivity index (χ2n) is 5.21. The van der Waals surface area contributed by atoms with Crippen LogP contribution in [0.3, 0.4) is 0 Å². The molecule has 23 heavy (non-hydrogen) atoms. The van der Waals surface area contributed by atoms with E-state index < -0.39 is 0 Å². The first-order valence-corrected chi connectivity index (χ1v) is 7.63. The van der Waals surface area contributed by atoms with Crippen LogP contribution in [0.15, 0.2) is 48.5 Å². The van der Waals surface area contributed by atoms with E-state index in [2.05, 4.69) is 9.55 Å². The van der Waals surface area contributed by atoms with Gasteiger partial charge in [-0.2, -0.15) is 0 Å². The monoisotopic (exact) mass is 312 g/mol. The van der Waals surface area contributed by atoms with Gasteiger partial charge in [0.05, 0.1) is 18.1 Å². The smallest absolute Gasteiger partial charge is 0.147 e. The second-order valence-corrected chi connectivity index (χ2v) is 5.21. The van der Waals surface area contributed by atoms with Crippen molar-refractivity contribution in [3.63, 3.8) is 0 Å². The number of para-hydroxylation sites is 2. The quantitative estimate of drug-likeness (QED) is 0.728. The highest BCUT2D eigenvalue weighted by molar-refractivity contribution is 5.75. The summed E-state index contributed by atoms with van der Waals surface area (Å²) in [6.07, 6.45) is 0.687. The van der Waals surface area contributed by atoms with E-state index in [0.29, 0.717) is 19.6 Å². The van der Waals surface area contributed by atoms with Crippen molar-refractivity contribution in [1.82, 2.24) is 9.55 Å². The number of aromatic nitrogens is 2. The van der Waals surface area contributed by atoms with Gasteiger partial charge in [-0.1, -0.05) is 18.2 Å². The van der Waals surface area contributed by atoms with Crippen LogP contribution < -0.4 is 9.47 Å². The number of aryl methyl sites for hydroxylation is 1. The maximum atomic E-state index is 9.11. The zero-order valence-corrected chi connectivity index (χ0v) is 13.1. The minimum absolute atomic E-state index is 0.155. The lowest BCUT2D eigenvalue weighted by Gasteiger charge is -2.10. The minimum atomic E-state index is 0.155. The third-order valence-corrected chi connectivity index (χ3v) is 3.68. The Hall–Kier alpha value is -2.53. The van der Waals surface area contributed by atoms with Gasteiger partial charge in [-0.05, 0) is 30.7 Å². The van der Waals surface area contributed by atoms with Crippen molar-refractivity contribution in [2.75, 3.05) is 13.7 Å². The van der Waals surface area contributed by atoms with E-state index >= 15 is 0 Å². The topological polar surface area (TPSA) is 56.5 Å². The highest BCUT2D eigenvalue weighted by Crippen LogP contribution is 2.21. The molecule has 0 unspecified atom stereocenters. The number of aliphatic hydroxyl groups excluding tert-OH is 1. The Balaban J connectivity index is 1.83. The molecule has 2 aromatic carbocycles. The summed E-state index contributed by atoms with van der Waals surface area (Å²) in [5.41, 5.74) is 2.00. The Kier molecular flexibility index (Phi) is 4.78. The Morgan fingerprint density at radius 3 is 2.74 bits per heavy atom. The molecule has 0 saturated carbocycles. The molecular formula is C18H20N2O3. The van der Waals surface area contributed by atoms with Gasteiger partial charge in [0.2, 0.25) is 0 Å². The Labute approximate surface area is 135 Å². The first-order valence-electron chi connectivity index (χ1n) is 7.63. The van der Waals surface area contributed by atoms with Crippen LogP contribution in [0.1, 0.15) is 12.2 Å². The summed E-state index contributed by atoms with van der Waals surface area (Å²) in [5.74, 6) is 2.35. The van der Waals surface area contributed by atoms with Crippen LogP contribution in [-0.4, -0.2) is 28.4 Å². The van der Waals surface area contributed by atoms with Gasteiger partial charge in [-0.15, -0.1) is 0 Å². The maximum absolute atomic E-state index is 9.11. The summed E-state index contributed by atoms with van der Waals surface area (Å²) in [6.45, 7) is 1.24. The molecule has 5 heteroatoms. The summed E-state index contributed by atoms with van der Waals surface area (Å²) in [6, 6.07) is 15.5. The number of aliphatic hydroxyl groups is 1. The summed E-state index contributed by atoms with van der Waals surface area (Å²) < 4.78 is 13.2. The molecule has 0 atom stereocenters. The summed E-state index contributed by atoms with van der Waals surface area (Å²) in [4.78, 5) is 4.65. The van der Waals surface area contributed by atoms with Crippen LogP contribution in [0.5, 0.6) is 11.5 Å². The number of rotatable bonds is 7. The second kappa shape index (κ2) is 7.15. The summed E-state index contributed by atoms with van der Waals surface area (Å²) in [7, 11) is 1.63. The van der Waals surface area contributed by atoms with E-state index in [1.54, 1.807) is 7.11 Å². The average Bonchev–Trinajstić information content (AvgIpc) is 2.96. The molecule has 0 aliphatic heterocycles. The van der Waals surface area contributed by atoms with Crippen molar-refractivity contribution in [3.8, 4) is 11.5 Å². The van der Waals surface area contributed by atoms with Crippen molar-refractivity contribution < 1.29 is 14.6 Å². The number of nitrogens with zero attached hydrogens (tertiary/aromatic N) is 2.